The summed E-state index contributed by atoms with van der Waals surface area (Å²) in [6, 6.07) is 5.52. The van der Waals surface area contributed by atoms with Gasteiger partial charge in [-0.15, -0.1) is 0 Å². The molecule has 0 atom stereocenters. The molecule has 9 heteroatoms. The van der Waals surface area contributed by atoms with E-state index in [4.69, 9.17) is 9.47 Å². The molecule has 26 heavy (non-hydrogen) atoms. The Morgan fingerprint density at radius 2 is 1.81 bits per heavy atom. The van der Waals surface area contributed by atoms with Crippen LogP contribution in [0.25, 0.3) is 0 Å². The molecule has 3 rings (SSSR count). The third-order valence-corrected chi connectivity index (χ3v) is 4.01. The molecular weight excluding hydrogens is 351 g/mol. The van der Waals surface area contributed by atoms with Crippen LogP contribution in [0.15, 0.2) is 30.6 Å². The van der Waals surface area contributed by atoms with Crippen molar-refractivity contribution < 1.29 is 27.4 Å². The van der Waals surface area contributed by atoms with Gasteiger partial charge in [0.25, 0.3) is 5.91 Å². The van der Waals surface area contributed by atoms with Gasteiger partial charge in [0.15, 0.2) is 11.5 Å². The highest BCUT2D eigenvalue weighted by Crippen LogP contribution is 2.36. The molecule has 1 aliphatic heterocycles. The van der Waals surface area contributed by atoms with Crippen molar-refractivity contribution in [1.82, 2.24) is 15.3 Å². The quantitative estimate of drug-likeness (QED) is 0.900. The van der Waals surface area contributed by atoms with E-state index in [1.807, 2.05) is 26.0 Å². The van der Waals surface area contributed by atoms with Crippen LogP contribution in [-0.2, 0) is 11.6 Å². The summed E-state index contributed by atoms with van der Waals surface area (Å²) in [6.45, 7) is 4.28. The first-order chi connectivity index (χ1) is 12.2. The number of alkyl halides is 3. The highest BCUT2D eigenvalue weighted by atomic mass is 19.4. The van der Waals surface area contributed by atoms with E-state index in [9.17, 15) is 18.0 Å². The Bertz CT molecular complexity index is 820. The molecule has 2 heterocycles. The van der Waals surface area contributed by atoms with Crippen LogP contribution < -0.4 is 14.8 Å². The van der Waals surface area contributed by atoms with E-state index < -0.39 is 23.3 Å². The zero-order valence-corrected chi connectivity index (χ0v) is 14.1. The van der Waals surface area contributed by atoms with Crippen LogP contribution >= 0.6 is 0 Å². The van der Waals surface area contributed by atoms with Crippen molar-refractivity contribution in [3.05, 3.63) is 47.5 Å². The smallest absolute Gasteiger partial charge is 0.451 e. The summed E-state index contributed by atoms with van der Waals surface area (Å²) in [5.41, 5.74) is 0.439. The number of ether oxygens (including phenoxy) is 2. The lowest BCUT2D eigenvalue weighted by atomic mass is 9.84. The standard InChI is InChI=1S/C17H16F3N3O3/c1-16(2,11-3-4-12-13(5-11)26-9-25-12)8-23-14(24)10-6-21-15(22-7-10)17(18,19)20/h3-7H,8-9H2,1-2H3,(H,23,24). The summed E-state index contributed by atoms with van der Waals surface area (Å²) in [7, 11) is 0. The number of aromatic nitrogens is 2. The van der Waals surface area contributed by atoms with Crippen molar-refractivity contribution in [2.75, 3.05) is 13.3 Å². The van der Waals surface area contributed by atoms with Gasteiger partial charge in [0.2, 0.25) is 12.6 Å². The van der Waals surface area contributed by atoms with Gasteiger partial charge in [-0.2, -0.15) is 13.2 Å². The summed E-state index contributed by atoms with van der Waals surface area (Å²) in [5.74, 6) is -0.532. The highest BCUT2D eigenvalue weighted by Gasteiger charge is 2.34. The first kappa shape index (κ1) is 18.0. The summed E-state index contributed by atoms with van der Waals surface area (Å²) >= 11 is 0. The Labute approximate surface area is 147 Å². The van der Waals surface area contributed by atoms with Gasteiger partial charge in [0.05, 0.1) is 5.56 Å². The molecule has 1 amide bonds. The zero-order valence-electron chi connectivity index (χ0n) is 14.1. The number of hydrogen-bond acceptors (Lipinski definition) is 5. The highest BCUT2D eigenvalue weighted by molar-refractivity contribution is 5.93. The van der Waals surface area contributed by atoms with Crippen molar-refractivity contribution >= 4 is 5.91 Å². The zero-order chi connectivity index (χ0) is 18.9. The molecule has 1 aliphatic rings. The minimum absolute atomic E-state index is 0.0421. The normalized spacial score (nSPS) is 13.6. The second-order valence-corrected chi connectivity index (χ2v) is 6.43. The summed E-state index contributed by atoms with van der Waals surface area (Å²) in [6.07, 6.45) is -2.92. The molecule has 0 bridgehead atoms. The van der Waals surface area contributed by atoms with Crippen LogP contribution in [0, 0.1) is 0 Å². The molecule has 0 unspecified atom stereocenters. The van der Waals surface area contributed by atoms with Crippen molar-refractivity contribution in [3.8, 4) is 11.5 Å². The Morgan fingerprint density at radius 3 is 2.46 bits per heavy atom. The number of carbonyl (C=O) groups excluding carboxylic acids is 1. The predicted molar refractivity (Wildman–Crippen MR) is 85.0 cm³/mol. The second kappa shape index (κ2) is 6.47. The van der Waals surface area contributed by atoms with Gasteiger partial charge in [-0.1, -0.05) is 19.9 Å². The van der Waals surface area contributed by atoms with E-state index in [1.54, 1.807) is 6.07 Å². The number of nitrogens with one attached hydrogen (secondary N) is 1. The van der Waals surface area contributed by atoms with E-state index in [0.717, 1.165) is 18.0 Å². The van der Waals surface area contributed by atoms with E-state index in [0.29, 0.717) is 11.5 Å². The van der Waals surface area contributed by atoms with Crippen molar-refractivity contribution in [3.63, 3.8) is 0 Å². The minimum Gasteiger partial charge on any atom is -0.454 e. The van der Waals surface area contributed by atoms with E-state index in [-0.39, 0.29) is 18.9 Å². The maximum atomic E-state index is 12.5. The fourth-order valence-electron chi connectivity index (χ4n) is 2.41. The van der Waals surface area contributed by atoms with Gasteiger partial charge in [0, 0.05) is 24.4 Å². The maximum absolute atomic E-state index is 12.5. The van der Waals surface area contributed by atoms with Crippen LogP contribution in [-0.4, -0.2) is 29.2 Å². The third kappa shape index (κ3) is 3.71. The van der Waals surface area contributed by atoms with Crippen molar-refractivity contribution in [1.29, 1.82) is 0 Å². The molecule has 6 nitrogen and oxygen atoms in total. The predicted octanol–water partition coefficient (Wildman–Crippen LogP) is 2.93. The Kier molecular flexibility index (Phi) is 4.47. The molecule has 0 radical (unpaired) electrons. The van der Waals surface area contributed by atoms with E-state index in [1.165, 1.54) is 0 Å². The largest absolute Gasteiger partial charge is 0.454 e. The number of fused-ring (bicyclic) bond motifs is 1. The average molecular weight is 367 g/mol. The lowest BCUT2D eigenvalue weighted by Crippen LogP contribution is -2.36. The molecular formula is C17H16F3N3O3. The van der Waals surface area contributed by atoms with Crippen LogP contribution in [0.3, 0.4) is 0 Å². The molecule has 138 valence electrons. The van der Waals surface area contributed by atoms with Gasteiger partial charge < -0.3 is 14.8 Å². The fraction of sp³-hybridized carbons (Fsp3) is 0.353. The van der Waals surface area contributed by atoms with Gasteiger partial charge in [-0.05, 0) is 17.7 Å². The Hall–Kier alpha value is -2.84. The first-order valence-corrected chi connectivity index (χ1v) is 7.74. The molecule has 0 aliphatic carbocycles. The summed E-state index contributed by atoms with van der Waals surface area (Å²) in [5, 5.41) is 2.69. The van der Waals surface area contributed by atoms with E-state index >= 15 is 0 Å². The topological polar surface area (TPSA) is 73.3 Å². The number of rotatable bonds is 4. The number of benzene rings is 1. The van der Waals surface area contributed by atoms with Crippen molar-refractivity contribution in [2.24, 2.45) is 0 Å². The molecule has 0 saturated heterocycles. The number of amides is 1. The maximum Gasteiger partial charge on any atom is 0.451 e. The lowest BCUT2D eigenvalue weighted by Gasteiger charge is -2.26. The fourth-order valence-corrected chi connectivity index (χ4v) is 2.41. The number of halogens is 3. The number of nitrogens with zero attached hydrogens (tertiary/aromatic N) is 2. The molecule has 2 aromatic rings. The van der Waals surface area contributed by atoms with Crippen LogP contribution in [0.1, 0.15) is 35.6 Å². The molecule has 0 saturated carbocycles. The van der Waals surface area contributed by atoms with Crippen LogP contribution in [0.4, 0.5) is 13.2 Å². The van der Waals surface area contributed by atoms with Crippen LogP contribution in [0.5, 0.6) is 11.5 Å². The molecule has 0 fully saturated rings. The minimum atomic E-state index is -4.64. The number of carbonyl (C=O) groups is 1. The lowest BCUT2D eigenvalue weighted by molar-refractivity contribution is -0.145. The molecule has 0 spiro atoms. The average Bonchev–Trinajstić information content (AvgIpc) is 3.07. The Morgan fingerprint density at radius 1 is 1.15 bits per heavy atom. The Balaban J connectivity index is 1.66. The molecule has 1 aromatic carbocycles. The van der Waals surface area contributed by atoms with Crippen LogP contribution in [0.2, 0.25) is 0 Å². The van der Waals surface area contributed by atoms with Gasteiger partial charge >= 0.3 is 6.18 Å². The summed E-state index contributed by atoms with van der Waals surface area (Å²) < 4.78 is 48.0. The monoisotopic (exact) mass is 367 g/mol. The molecule has 1 N–H and O–H groups in total. The first-order valence-electron chi connectivity index (χ1n) is 7.74. The van der Waals surface area contributed by atoms with Gasteiger partial charge in [0.1, 0.15) is 0 Å². The second-order valence-electron chi connectivity index (χ2n) is 6.43. The SMILES string of the molecule is CC(C)(CNC(=O)c1cnc(C(F)(F)F)nc1)c1ccc2c(c1)OCO2. The van der Waals surface area contributed by atoms with Gasteiger partial charge in [-0.25, -0.2) is 9.97 Å². The molecule has 1 aromatic heterocycles. The summed E-state index contributed by atoms with van der Waals surface area (Å²) in [4.78, 5) is 18.5. The van der Waals surface area contributed by atoms with Crippen molar-refractivity contribution in [2.45, 2.75) is 25.4 Å². The third-order valence-electron chi connectivity index (χ3n) is 4.01. The van der Waals surface area contributed by atoms with Gasteiger partial charge in [-0.3, -0.25) is 4.79 Å². The number of hydrogen-bond donors (Lipinski definition) is 1. The van der Waals surface area contributed by atoms with E-state index in [2.05, 4.69) is 15.3 Å².